The van der Waals surface area contributed by atoms with Gasteiger partial charge in [0.1, 0.15) is 11.6 Å². The van der Waals surface area contributed by atoms with Crippen LogP contribution in [-0.4, -0.2) is 17.3 Å². The molecule has 4 nitrogen and oxygen atoms in total. The Hall–Kier alpha value is -1.49. The second kappa shape index (κ2) is 4.41. The van der Waals surface area contributed by atoms with E-state index in [4.69, 9.17) is 10.5 Å². The molecular formula is C12H14BrN3O. The van der Waals surface area contributed by atoms with Crippen LogP contribution >= 0.6 is 15.9 Å². The van der Waals surface area contributed by atoms with Gasteiger partial charge in [-0.25, -0.2) is 0 Å². The van der Waals surface area contributed by atoms with Gasteiger partial charge in [-0.2, -0.15) is 5.10 Å². The number of nitrogens with zero attached hydrogens (tertiary/aromatic N) is 1. The maximum absolute atomic E-state index is 5.87. The molecule has 90 valence electrons. The minimum Gasteiger partial charge on any atom is -0.496 e. The van der Waals surface area contributed by atoms with Gasteiger partial charge >= 0.3 is 0 Å². The van der Waals surface area contributed by atoms with Gasteiger partial charge in [-0.3, -0.25) is 5.10 Å². The van der Waals surface area contributed by atoms with Crippen LogP contribution in [0.5, 0.6) is 5.75 Å². The molecule has 0 aliphatic heterocycles. The maximum atomic E-state index is 5.87. The Morgan fingerprint density at radius 2 is 2.12 bits per heavy atom. The van der Waals surface area contributed by atoms with Crippen molar-refractivity contribution < 1.29 is 4.74 Å². The number of aromatic nitrogens is 2. The molecule has 2 aromatic rings. The highest BCUT2D eigenvalue weighted by Crippen LogP contribution is 2.39. The first kappa shape index (κ1) is 12.0. The molecule has 0 aliphatic carbocycles. The monoisotopic (exact) mass is 295 g/mol. The number of anilines is 1. The molecule has 1 heterocycles. The molecule has 0 saturated carbocycles. The number of hydrogen-bond acceptors (Lipinski definition) is 3. The van der Waals surface area contributed by atoms with E-state index in [0.717, 1.165) is 32.5 Å². The lowest BCUT2D eigenvalue weighted by molar-refractivity contribution is 0.411. The Kier molecular flexibility index (Phi) is 3.11. The van der Waals surface area contributed by atoms with Crippen molar-refractivity contribution in [1.29, 1.82) is 0 Å². The average molecular weight is 296 g/mol. The normalized spacial score (nSPS) is 10.6. The number of nitrogens with one attached hydrogen (secondary N) is 1. The van der Waals surface area contributed by atoms with Crippen LogP contribution in [0.15, 0.2) is 16.7 Å². The van der Waals surface area contributed by atoms with E-state index in [0.29, 0.717) is 5.82 Å². The zero-order chi connectivity index (χ0) is 12.6. The second-order valence-electron chi connectivity index (χ2n) is 3.91. The molecule has 0 fully saturated rings. The van der Waals surface area contributed by atoms with Crippen molar-refractivity contribution >= 4 is 21.7 Å². The predicted molar refractivity (Wildman–Crippen MR) is 72.2 cm³/mol. The molecule has 0 saturated heterocycles. The van der Waals surface area contributed by atoms with Crippen molar-refractivity contribution in [2.75, 3.05) is 12.8 Å². The Morgan fingerprint density at radius 3 is 2.65 bits per heavy atom. The van der Waals surface area contributed by atoms with Crippen LogP contribution in [0.1, 0.15) is 11.1 Å². The van der Waals surface area contributed by atoms with Gasteiger partial charge in [-0.15, -0.1) is 0 Å². The van der Waals surface area contributed by atoms with Crippen molar-refractivity contribution in [2.24, 2.45) is 0 Å². The molecule has 0 radical (unpaired) electrons. The highest BCUT2D eigenvalue weighted by Gasteiger charge is 2.16. The summed E-state index contributed by atoms with van der Waals surface area (Å²) < 4.78 is 6.25. The smallest absolute Gasteiger partial charge is 0.133 e. The van der Waals surface area contributed by atoms with Crippen molar-refractivity contribution in [2.45, 2.75) is 13.8 Å². The number of rotatable bonds is 2. The summed E-state index contributed by atoms with van der Waals surface area (Å²) in [5, 5.41) is 6.71. The molecule has 5 heteroatoms. The van der Waals surface area contributed by atoms with Gasteiger partial charge in [-0.1, -0.05) is 0 Å². The van der Waals surface area contributed by atoms with E-state index >= 15 is 0 Å². The van der Waals surface area contributed by atoms with Crippen molar-refractivity contribution in [3.8, 4) is 16.9 Å². The Labute approximate surface area is 108 Å². The number of methoxy groups -OCH3 is 1. The Bertz CT molecular complexity index is 563. The fraction of sp³-hybridized carbons (Fsp3) is 0.250. The van der Waals surface area contributed by atoms with Crippen LogP contribution < -0.4 is 10.5 Å². The predicted octanol–water partition coefficient (Wildman–Crippen LogP) is 3.05. The summed E-state index contributed by atoms with van der Waals surface area (Å²) in [7, 11) is 1.66. The molecule has 3 N–H and O–H groups in total. The van der Waals surface area contributed by atoms with Gasteiger partial charge in [0.25, 0.3) is 0 Å². The summed E-state index contributed by atoms with van der Waals surface area (Å²) >= 11 is 3.54. The van der Waals surface area contributed by atoms with Crippen LogP contribution in [0.3, 0.4) is 0 Å². The van der Waals surface area contributed by atoms with Gasteiger partial charge in [0.15, 0.2) is 0 Å². The third kappa shape index (κ3) is 1.91. The van der Waals surface area contributed by atoms with E-state index in [1.54, 1.807) is 13.3 Å². The minimum atomic E-state index is 0.577. The largest absolute Gasteiger partial charge is 0.496 e. The fourth-order valence-corrected chi connectivity index (χ4v) is 2.46. The zero-order valence-electron chi connectivity index (χ0n) is 9.97. The molecule has 2 rings (SSSR count). The van der Waals surface area contributed by atoms with Crippen LogP contribution in [-0.2, 0) is 0 Å². The summed E-state index contributed by atoms with van der Waals surface area (Å²) in [6, 6.07) is 1.98. The lowest BCUT2D eigenvalue weighted by atomic mass is 9.97. The number of aryl methyl sites for hydroxylation is 1. The SMILES string of the molecule is COc1cc(C)c(-c2cn[nH]c2N)c(C)c1Br. The minimum absolute atomic E-state index is 0.577. The molecule has 1 aromatic carbocycles. The van der Waals surface area contributed by atoms with E-state index < -0.39 is 0 Å². The number of aromatic amines is 1. The van der Waals surface area contributed by atoms with E-state index in [9.17, 15) is 0 Å². The number of halogens is 1. The van der Waals surface area contributed by atoms with Crippen molar-refractivity contribution in [1.82, 2.24) is 10.2 Å². The molecule has 0 atom stereocenters. The summed E-state index contributed by atoms with van der Waals surface area (Å²) in [4.78, 5) is 0. The summed E-state index contributed by atoms with van der Waals surface area (Å²) in [5.74, 6) is 1.40. The molecule has 0 bridgehead atoms. The number of hydrogen-bond donors (Lipinski definition) is 2. The van der Waals surface area contributed by atoms with Gasteiger partial charge < -0.3 is 10.5 Å². The number of nitrogen functional groups attached to an aromatic ring is 1. The number of benzene rings is 1. The summed E-state index contributed by atoms with van der Waals surface area (Å²) in [5.41, 5.74) is 10.1. The van der Waals surface area contributed by atoms with E-state index in [2.05, 4.69) is 26.1 Å². The van der Waals surface area contributed by atoms with Gasteiger partial charge in [0, 0.05) is 5.56 Å². The quantitative estimate of drug-likeness (QED) is 0.895. The average Bonchev–Trinajstić information content (AvgIpc) is 2.70. The van der Waals surface area contributed by atoms with E-state index in [-0.39, 0.29) is 0 Å². The number of H-pyrrole nitrogens is 1. The van der Waals surface area contributed by atoms with Crippen molar-refractivity contribution in [3.63, 3.8) is 0 Å². The Morgan fingerprint density at radius 1 is 1.41 bits per heavy atom. The third-order valence-electron chi connectivity index (χ3n) is 2.82. The maximum Gasteiger partial charge on any atom is 0.133 e. The standard InChI is InChI=1S/C12H14BrN3O/c1-6-4-9(17-3)11(13)7(2)10(6)8-5-15-16-12(8)14/h4-5H,1-3H3,(H3,14,15,16). The van der Waals surface area contributed by atoms with Crippen LogP contribution in [0, 0.1) is 13.8 Å². The molecule has 0 aliphatic rings. The third-order valence-corrected chi connectivity index (χ3v) is 3.81. The molecule has 0 spiro atoms. The van der Waals surface area contributed by atoms with E-state index in [1.165, 1.54) is 0 Å². The zero-order valence-corrected chi connectivity index (χ0v) is 11.6. The molecule has 17 heavy (non-hydrogen) atoms. The highest BCUT2D eigenvalue weighted by molar-refractivity contribution is 9.10. The fourth-order valence-electron chi connectivity index (χ4n) is 1.98. The van der Waals surface area contributed by atoms with Gasteiger partial charge in [0.05, 0.1) is 17.8 Å². The van der Waals surface area contributed by atoms with E-state index in [1.807, 2.05) is 19.9 Å². The first-order chi connectivity index (χ1) is 8.06. The molecular weight excluding hydrogens is 282 g/mol. The van der Waals surface area contributed by atoms with Crippen LogP contribution in [0.25, 0.3) is 11.1 Å². The molecule has 1 aromatic heterocycles. The van der Waals surface area contributed by atoms with Gasteiger partial charge in [0.2, 0.25) is 0 Å². The summed E-state index contributed by atoms with van der Waals surface area (Å²) in [6.45, 7) is 4.06. The topological polar surface area (TPSA) is 63.9 Å². The highest BCUT2D eigenvalue weighted by atomic mass is 79.9. The van der Waals surface area contributed by atoms with Gasteiger partial charge in [-0.05, 0) is 52.5 Å². The molecule has 0 unspecified atom stereocenters. The number of ether oxygens (including phenoxy) is 1. The molecule has 0 amide bonds. The summed E-state index contributed by atoms with van der Waals surface area (Å²) in [6.07, 6.45) is 1.74. The first-order valence-corrected chi connectivity index (χ1v) is 5.98. The van der Waals surface area contributed by atoms with Crippen LogP contribution in [0.2, 0.25) is 0 Å². The van der Waals surface area contributed by atoms with Crippen LogP contribution in [0.4, 0.5) is 5.82 Å². The Balaban J connectivity index is 2.72. The lowest BCUT2D eigenvalue weighted by Gasteiger charge is -2.14. The lowest BCUT2D eigenvalue weighted by Crippen LogP contribution is -1.96. The van der Waals surface area contributed by atoms with Crippen molar-refractivity contribution in [3.05, 3.63) is 27.9 Å². The first-order valence-electron chi connectivity index (χ1n) is 5.19. The second-order valence-corrected chi connectivity index (χ2v) is 4.70. The number of nitrogens with two attached hydrogens (primary N) is 1.